The van der Waals surface area contributed by atoms with Crippen LogP contribution in [0, 0.1) is 0 Å². The van der Waals surface area contributed by atoms with E-state index in [2.05, 4.69) is 20.5 Å². The summed E-state index contributed by atoms with van der Waals surface area (Å²) in [7, 11) is 0. The Hall–Kier alpha value is -3.71. The van der Waals surface area contributed by atoms with Crippen LogP contribution in [0.2, 0.25) is 0 Å². The second kappa shape index (κ2) is 17.0. The Morgan fingerprint density at radius 1 is 1.00 bits per heavy atom. The van der Waals surface area contributed by atoms with Gasteiger partial charge in [-0.25, -0.2) is 4.79 Å². The molecular formula is C23H30N4O5. The van der Waals surface area contributed by atoms with E-state index in [0.29, 0.717) is 39.2 Å². The van der Waals surface area contributed by atoms with Gasteiger partial charge in [0.05, 0.1) is 13.2 Å². The third-order valence-corrected chi connectivity index (χ3v) is 4.05. The van der Waals surface area contributed by atoms with Crippen LogP contribution in [0.25, 0.3) is 10.4 Å². The fourth-order valence-electron chi connectivity index (χ4n) is 2.47. The molecule has 0 aliphatic rings. The summed E-state index contributed by atoms with van der Waals surface area (Å²) in [4.78, 5) is 24.1. The average Bonchev–Trinajstić information content (AvgIpc) is 2.80. The number of hydrogen-bond donors (Lipinski definition) is 1. The molecule has 0 spiro atoms. The summed E-state index contributed by atoms with van der Waals surface area (Å²) in [5.74, 6) is 0.596. The van der Waals surface area contributed by atoms with E-state index in [1.54, 1.807) is 6.92 Å². The highest BCUT2D eigenvalue weighted by atomic mass is 16.5. The second-order valence-electron chi connectivity index (χ2n) is 6.55. The first kappa shape index (κ1) is 26.3. The zero-order valence-corrected chi connectivity index (χ0v) is 18.3. The minimum absolute atomic E-state index is 0.200. The third kappa shape index (κ3) is 13.5. The van der Waals surface area contributed by atoms with Gasteiger partial charge in [0, 0.05) is 17.9 Å². The van der Waals surface area contributed by atoms with Crippen LogP contribution < -0.4 is 10.5 Å². The highest BCUT2D eigenvalue weighted by molar-refractivity contribution is 5.69. The summed E-state index contributed by atoms with van der Waals surface area (Å²) < 4.78 is 15.1. The number of primary amides is 1. The van der Waals surface area contributed by atoms with Gasteiger partial charge in [0.1, 0.15) is 12.4 Å². The largest absolute Gasteiger partial charge is 0.494 e. The smallest absolute Gasteiger partial charge is 0.404 e. The number of hydrogen-bond acceptors (Lipinski definition) is 6. The Morgan fingerprint density at radius 2 is 1.72 bits per heavy atom. The van der Waals surface area contributed by atoms with Gasteiger partial charge in [-0.2, -0.15) is 0 Å². The minimum Gasteiger partial charge on any atom is -0.494 e. The Kier molecular flexibility index (Phi) is 14.0. The summed E-state index contributed by atoms with van der Waals surface area (Å²) in [6, 6.07) is 17.4. The summed E-state index contributed by atoms with van der Waals surface area (Å²) in [6.45, 7) is 3.46. The predicted molar refractivity (Wildman–Crippen MR) is 121 cm³/mol. The molecule has 0 unspecified atom stereocenters. The molecule has 9 heteroatoms. The SMILES string of the molecule is CCOC(N)=O.[N-]=[N+]=NCCCCOc1ccc(CCC(=O)OCc2ccccc2)cc1. The molecule has 1 amide bonds. The van der Waals surface area contributed by atoms with Crippen LogP contribution in [0.3, 0.4) is 0 Å². The van der Waals surface area contributed by atoms with Gasteiger partial charge >= 0.3 is 12.1 Å². The Balaban J connectivity index is 0.000000751. The molecule has 0 radical (unpaired) electrons. The van der Waals surface area contributed by atoms with Crippen molar-refractivity contribution in [1.29, 1.82) is 0 Å². The lowest BCUT2D eigenvalue weighted by Gasteiger charge is -2.07. The highest BCUT2D eigenvalue weighted by Gasteiger charge is 2.05. The molecule has 2 N–H and O–H groups in total. The van der Waals surface area contributed by atoms with Crippen molar-refractivity contribution in [1.82, 2.24) is 0 Å². The molecule has 0 fully saturated rings. The predicted octanol–water partition coefficient (Wildman–Crippen LogP) is 4.93. The monoisotopic (exact) mass is 442 g/mol. The van der Waals surface area contributed by atoms with Crippen LogP contribution in [0.5, 0.6) is 5.75 Å². The van der Waals surface area contributed by atoms with Crippen LogP contribution in [-0.2, 0) is 27.3 Å². The normalized spacial score (nSPS) is 9.53. The van der Waals surface area contributed by atoms with Crippen molar-refractivity contribution < 1.29 is 23.8 Å². The number of nitrogens with two attached hydrogens (primary N) is 1. The maximum Gasteiger partial charge on any atom is 0.404 e. The van der Waals surface area contributed by atoms with Crippen molar-refractivity contribution in [2.24, 2.45) is 10.8 Å². The molecule has 0 saturated heterocycles. The number of rotatable bonds is 12. The van der Waals surface area contributed by atoms with Gasteiger partial charge < -0.3 is 19.9 Å². The average molecular weight is 443 g/mol. The van der Waals surface area contributed by atoms with Crippen LogP contribution in [-0.4, -0.2) is 31.8 Å². The number of unbranched alkanes of at least 4 members (excludes halogenated alkanes) is 1. The first-order valence-corrected chi connectivity index (χ1v) is 10.4. The summed E-state index contributed by atoms with van der Waals surface area (Å²) >= 11 is 0. The number of benzene rings is 2. The van der Waals surface area contributed by atoms with Crippen LogP contribution in [0.4, 0.5) is 4.79 Å². The number of carbonyl (C=O) groups excluding carboxylic acids is 2. The third-order valence-electron chi connectivity index (χ3n) is 4.05. The molecule has 2 aromatic rings. The molecule has 9 nitrogen and oxygen atoms in total. The zero-order chi connectivity index (χ0) is 23.4. The number of carbonyl (C=O) groups is 2. The van der Waals surface area contributed by atoms with Crippen molar-refractivity contribution in [2.45, 2.75) is 39.2 Å². The van der Waals surface area contributed by atoms with Crippen LogP contribution in [0.15, 0.2) is 59.7 Å². The van der Waals surface area contributed by atoms with Gasteiger partial charge in [-0.1, -0.05) is 47.6 Å². The standard InChI is InChI=1S/C20H23N3O3.C3H7NO2/c21-23-22-14-4-5-15-25-19-11-8-17(9-12-19)10-13-20(24)26-16-18-6-2-1-3-7-18;1-2-6-3(4)5/h1-3,6-9,11-12H,4-5,10,13-16H2;2H2,1H3,(H2,4,5). The molecule has 0 aliphatic heterocycles. The maximum absolute atomic E-state index is 11.8. The molecule has 0 bridgehead atoms. The number of aryl methyl sites for hydroxylation is 1. The molecule has 0 aliphatic carbocycles. The van der Waals surface area contributed by atoms with E-state index in [1.807, 2.05) is 54.6 Å². The van der Waals surface area contributed by atoms with Crippen LogP contribution >= 0.6 is 0 Å². The lowest BCUT2D eigenvalue weighted by atomic mass is 10.1. The van der Waals surface area contributed by atoms with Gasteiger partial charge in [0.15, 0.2) is 0 Å². The molecule has 0 heterocycles. The Bertz CT molecular complexity index is 837. The van der Waals surface area contributed by atoms with Gasteiger partial charge in [-0.3, -0.25) is 4.79 Å². The molecule has 0 aromatic heterocycles. The lowest BCUT2D eigenvalue weighted by molar-refractivity contribution is -0.144. The van der Waals surface area contributed by atoms with Gasteiger partial charge in [0.25, 0.3) is 0 Å². The van der Waals surface area contributed by atoms with Gasteiger partial charge in [0.2, 0.25) is 0 Å². The van der Waals surface area contributed by atoms with Crippen molar-refractivity contribution in [3.63, 3.8) is 0 Å². The van der Waals surface area contributed by atoms with Crippen molar-refractivity contribution in [3.8, 4) is 5.75 Å². The molecule has 32 heavy (non-hydrogen) atoms. The summed E-state index contributed by atoms with van der Waals surface area (Å²) in [5.41, 5.74) is 14.8. The van der Waals surface area contributed by atoms with Crippen molar-refractivity contribution in [2.75, 3.05) is 19.8 Å². The fraction of sp³-hybridized carbons (Fsp3) is 0.391. The summed E-state index contributed by atoms with van der Waals surface area (Å²) in [6.07, 6.45) is 1.94. The topological polar surface area (TPSA) is 137 Å². The molecule has 172 valence electrons. The van der Waals surface area contributed by atoms with Gasteiger partial charge in [-0.15, -0.1) is 0 Å². The number of azide groups is 1. The zero-order valence-electron chi connectivity index (χ0n) is 18.3. The van der Waals surface area contributed by atoms with E-state index in [0.717, 1.165) is 29.7 Å². The molecule has 0 atom stereocenters. The molecular weight excluding hydrogens is 412 g/mol. The lowest BCUT2D eigenvalue weighted by Crippen LogP contribution is -2.11. The number of nitrogens with zero attached hydrogens (tertiary/aromatic N) is 3. The van der Waals surface area contributed by atoms with Crippen molar-refractivity contribution in [3.05, 3.63) is 76.2 Å². The highest BCUT2D eigenvalue weighted by Crippen LogP contribution is 2.14. The summed E-state index contributed by atoms with van der Waals surface area (Å²) in [5, 5.41) is 3.48. The quantitative estimate of drug-likeness (QED) is 0.163. The number of ether oxygens (including phenoxy) is 3. The molecule has 0 saturated carbocycles. The maximum atomic E-state index is 11.8. The fourth-order valence-corrected chi connectivity index (χ4v) is 2.47. The molecule has 2 aromatic carbocycles. The number of amides is 1. The second-order valence-corrected chi connectivity index (χ2v) is 6.55. The molecule has 2 rings (SSSR count). The van der Waals surface area contributed by atoms with E-state index < -0.39 is 6.09 Å². The van der Waals surface area contributed by atoms with E-state index in [-0.39, 0.29) is 5.97 Å². The van der Waals surface area contributed by atoms with E-state index in [4.69, 9.17) is 15.0 Å². The van der Waals surface area contributed by atoms with Crippen LogP contribution in [0.1, 0.15) is 37.3 Å². The van der Waals surface area contributed by atoms with Crippen molar-refractivity contribution >= 4 is 12.1 Å². The van der Waals surface area contributed by atoms with Gasteiger partial charge in [-0.05, 0) is 55.0 Å². The Morgan fingerprint density at radius 3 is 2.31 bits per heavy atom. The first-order chi connectivity index (χ1) is 15.5. The van der Waals surface area contributed by atoms with E-state index in [1.165, 1.54) is 0 Å². The Labute approximate surface area is 188 Å². The minimum atomic E-state index is -0.711. The first-order valence-electron chi connectivity index (χ1n) is 10.4. The number of esters is 1. The van der Waals surface area contributed by atoms with E-state index >= 15 is 0 Å². The van der Waals surface area contributed by atoms with E-state index in [9.17, 15) is 9.59 Å².